The molecule has 2 heterocycles. The summed E-state index contributed by atoms with van der Waals surface area (Å²) in [5, 5.41) is 3.38. The number of rotatable bonds is 7. The highest BCUT2D eigenvalue weighted by Crippen LogP contribution is 2.12. The van der Waals surface area contributed by atoms with E-state index in [0.29, 0.717) is 5.82 Å². The molecule has 112 valence electrons. The van der Waals surface area contributed by atoms with Crippen LogP contribution in [0.3, 0.4) is 0 Å². The van der Waals surface area contributed by atoms with E-state index in [-0.39, 0.29) is 0 Å². The second-order valence-electron chi connectivity index (χ2n) is 5.28. The number of nitrogen functional groups attached to an aromatic ring is 1. The molecule has 0 spiro atoms. The summed E-state index contributed by atoms with van der Waals surface area (Å²) < 4.78 is 0. The minimum atomic E-state index is 0.670. The highest BCUT2D eigenvalue weighted by atomic mass is 15.3. The van der Waals surface area contributed by atoms with Gasteiger partial charge in [-0.25, -0.2) is 15.8 Å². The molecule has 0 radical (unpaired) electrons. The standard InChI is InChI=1S/C14H26N6/c1-2-6-12-17-13(11-14(18-12)19-15)16-7-10-20-8-4-3-5-9-20/h11H,2-10,15H2,1H3,(H2,16,17,18,19). The van der Waals surface area contributed by atoms with Crippen LogP contribution < -0.4 is 16.6 Å². The summed E-state index contributed by atoms with van der Waals surface area (Å²) in [6.45, 7) is 6.55. The van der Waals surface area contributed by atoms with Gasteiger partial charge in [-0.15, -0.1) is 0 Å². The van der Waals surface area contributed by atoms with Crippen LogP contribution in [0.15, 0.2) is 6.07 Å². The Hall–Kier alpha value is -1.40. The summed E-state index contributed by atoms with van der Waals surface area (Å²) >= 11 is 0. The van der Waals surface area contributed by atoms with Crippen molar-refractivity contribution in [3.05, 3.63) is 11.9 Å². The van der Waals surface area contributed by atoms with E-state index >= 15 is 0 Å². The molecule has 0 bridgehead atoms. The number of hydrogen-bond donors (Lipinski definition) is 3. The van der Waals surface area contributed by atoms with Crippen LogP contribution in [0.2, 0.25) is 0 Å². The van der Waals surface area contributed by atoms with Crippen molar-refractivity contribution in [2.24, 2.45) is 5.84 Å². The molecule has 0 unspecified atom stereocenters. The second kappa shape index (κ2) is 8.01. The van der Waals surface area contributed by atoms with Crippen molar-refractivity contribution < 1.29 is 0 Å². The van der Waals surface area contributed by atoms with Gasteiger partial charge in [-0.1, -0.05) is 13.3 Å². The Morgan fingerprint density at radius 2 is 1.95 bits per heavy atom. The van der Waals surface area contributed by atoms with Crippen molar-refractivity contribution in [1.29, 1.82) is 0 Å². The summed E-state index contributed by atoms with van der Waals surface area (Å²) in [4.78, 5) is 11.4. The van der Waals surface area contributed by atoms with Crippen molar-refractivity contribution in [1.82, 2.24) is 14.9 Å². The summed E-state index contributed by atoms with van der Waals surface area (Å²) in [5.74, 6) is 7.81. The van der Waals surface area contributed by atoms with Crippen LogP contribution in [-0.4, -0.2) is 41.0 Å². The minimum Gasteiger partial charge on any atom is -0.369 e. The fraction of sp³-hybridized carbons (Fsp3) is 0.714. The van der Waals surface area contributed by atoms with Gasteiger partial charge in [0.2, 0.25) is 0 Å². The number of nitrogens with two attached hydrogens (primary N) is 1. The van der Waals surface area contributed by atoms with Crippen LogP contribution in [0, 0.1) is 0 Å². The fourth-order valence-electron chi connectivity index (χ4n) is 2.52. The van der Waals surface area contributed by atoms with Crippen LogP contribution in [-0.2, 0) is 6.42 Å². The molecule has 1 aliphatic rings. The lowest BCUT2D eigenvalue weighted by Gasteiger charge is -2.26. The second-order valence-corrected chi connectivity index (χ2v) is 5.28. The van der Waals surface area contributed by atoms with Crippen molar-refractivity contribution in [3.63, 3.8) is 0 Å². The smallest absolute Gasteiger partial charge is 0.145 e. The Labute approximate surface area is 121 Å². The molecule has 2 rings (SSSR count). The van der Waals surface area contributed by atoms with Gasteiger partial charge in [0.25, 0.3) is 0 Å². The molecule has 1 aromatic heterocycles. The Bertz CT molecular complexity index is 403. The number of aryl methyl sites for hydroxylation is 1. The number of likely N-dealkylation sites (tertiary alicyclic amines) is 1. The van der Waals surface area contributed by atoms with Crippen LogP contribution in [0.25, 0.3) is 0 Å². The molecule has 6 heteroatoms. The Kier molecular flexibility index (Phi) is 6.01. The predicted molar refractivity (Wildman–Crippen MR) is 82.6 cm³/mol. The molecule has 1 aliphatic heterocycles. The van der Waals surface area contributed by atoms with Crippen LogP contribution in [0.1, 0.15) is 38.4 Å². The van der Waals surface area contributed by atoms with Crippen LogP contribution in [0.4, 0.5) is 11.6 Å². The number of piperidine rings is 1. The average molecular weight is 278 g/mol. The topological polar surface area (TPSA) is 79.1 Å². The molecule has 1 aromatic rings. The maximum absolute atomic E-state index is 5.45. The maximum Gasteiger partial charge on any atom is 0.145 e. The van der Waals surface area contributed by atoms with E-state index in [4.69, 9.17) is 5.84 Å². The molecule has 6 nitrogen and oxygen atoms in total. The highest BCUT2D eigenvalue weighted by molar-refractivity contribution is 5.46. The normalized spacial score (nSPS) is 16.1. The van der Waals surface area contributed by atoms with Crippen molar-refractivity contribution in [2.45, 2.75) is 39.0 Å². The van der Waals surface area contributed by atoms with Gasteiger partial charge in [0, 0.05) is 25.6 Å². The fourth-order valence-corrected chi connectivity index (χ4v) is 2.52. The van der Waals surface area contributed by atoms with Gasteiger partial charge in [0.05, 0.1) is 0 Å². The molecule has 0 aliphatic carbocycles. The number of hydrazine groups is 1. The molecule has 20 heavy (non-hydrogen) atoms. The van der Waals surface area contributed by atoms with Gasteiger partial charge in [-0.05, 0) is 32.4 Å². The zero-order chi connectivity index (χ0) is 14.2. The maximum atomic E-state index is 5.45. The lowest BCUT2D eigenvalue weighted by atomic mass is 10.1. The number of aromatic nitrogens is 2. The summed E-state index contributed by atoms with van der Waals surface area (Å²) in [6, 6.07) is 1.86. The van der Waals surface area contributed by atoms with E-state index in [9.17, 15) is 0 Å². The molecule has 0 saturated carbocycles. The van der Waals surface area contributed by atoms with Gasteiger partial charge < -0.3 is 15.6 Å². The quantitative estimate of drug-likeness (QED) is 0.519. The number of hydrogen-bond acceptors (Lipinski definition) is 6. The zero-order valence-corrected chi connectivity index (χ0v) is 12.4. The Morgan fingerprint density at radius 3 is 2.65 bits per heavy atom. The van der Waals surface area contributed by atoms with Crippen LogP contribution in [0.5, 0.6) is 0 Å². The molecule has 0 amide bonds. The highest BCUT2D eigenvalue weighted by Gasteiger charge is 2.09. The van der Waals surface area contributed by atoms with Crippen molar-refractivity contribution in [2.75, 3.05) is 36.9 Å². The first-order valence-corrected chi connectivity index (χ1v) is 7.62. The lowest BCUT2D eigenvalue weighted by Crippen LogP contribution is -2.33. The number of nitrogens with one attached hydrogen (secondary N) is 2. The molecule has 1 saturated heterocycles. The minimum absolute atomic E-state index is 0.670. The van der Waals surface area contributed by atoms with Crippen molar-refractivity contribution >= 4 is 11.6 Å². The Morgan fingerprint density at radius 1 is 1.20 bits per heavy atom. The zero-order valence-electron chi connectivity index (χ0n) is 12.4. The summed E-state index contributed by atoms with van der Waals surface area (Å²) in [5.41, 5.74) is 2.60. The largest absolute Gasteiger partial charge is 0.369 e. The summed E-state index contributed by atoms with van der Waals surface area (Å²) in [7, 11) is 0. The van der Waals surface area contributed by atoms with E-state index in [1.165, 1.54) is 32.4 Å². The van der Waals surface area contributed by atoms with Crippen LogP contribution >= 0.6 is 0 Å². The molecular weight excluding hydrogens is 252 g/mol. The molecule has 4 N–H and O–H groups in total. The molecule has 1 fully saturated rings. The average Bonchev–Trinajstić information content (AvgIpc) is 2.48. The van der Waals surface area contributed by atoms with E-state index in [1.54, 1.807) is 0 Å². The van der Waals surface area contributed by atoms with E-state index in [2.05, 4.69) is 32.5 Å². The van der Waals surface area contributed by atoms with Gasteiger partial charge in [-0.2, -0.15) is 0 Å². The van der Waals surface area contributed by atoms with Gasteiger partial charge >= 0.3 is 0 Å². The molecule has 0 aromatic carbocycles. The van der Waals surface area contributed by atoms with E-state index < -0.39 is 0 Å². The molecule has 0 atom stereocenters. The van der Waals surface area contributed by atoms with Gasteiger partial charge in [0.1, 0.15) is 17.5 Å². The molecular formula is C14H26N6. The first-order valence-electron chi connectivity index (χ1n) is 7.62. The predicted octanol–water partition coefficient (Wildman–Crippen LogP) is 1.61. The number of anilines is 2. The third-order valence-corrected chi connectivity index (χ3v) is 3.58. The number of nitrogens with zero attached hydrogens (tertiary/aromatic N) is 3. The lowest BCUT2D eigenvalue weighted by molar-refractivity contribution is 0.237. The van der Waals surface area contributed by atoms with Gasteiger partial charge in [0.15, 0.2) is 0 Å². The Balaban J connectivity index is 1.85. The van der Waals surface area contributed by atoms with E-state index in [0.717, 1.165) is 37.6 Å². The SMILES string of the molecule is CCCc1nc(NN)cc(NCCN2CCCCC2)n1. The van der Waals surface area contributed by atoms with Crippen molar-refractivity contribution in [3.8, 4) is 0 Å². The third kappa shape index (κ3) is 4.61. The first kappa shape index (κ1) is 15.0. The first-order chi connectivity index (χ1) is 9.81. The summed E-state index contributed by atoms with van der Waals surface area (Å²) in [6.07, 6.45) is 5.93. The van der Waals surface area contributed by atoms with Gasteiger partial charge in [-0.3, -0.25) is 0 Å². The third-order valence-electron chi connectivity index (χ3n) is 3.58. The monoisotopic (exact) mass is 278 g/mol. The van der Waals surface area contributed by atoms with E-state index in [1.807, 2.05) is 6.07 Å².